The number of amides is 1. The molecule has 0 aromatic carbocycles. The Labute approximate surface area is 136 Å². The number of hydrogen-bond acceptors (Lipinski definition) is 7. The summed E-state index contributed by atoms with van der Waals surface area (Å²) in [7, 11) is 0. The fourth-order valence-electron chi connectivity index (χ4n) is 3.00. The van der Waals surface area contributed by atoms with Gasteiger partial charge in [-0.15, -0.1) is 5.10 Å². The van der Waals surface area contributed by atoms with Gasteiger partial charge in [0.05, 0.1) is 12.8 Å². The zero-order chi connectivity index (χ0) is 16.1. The molecule has 126 valence electrons. The Morgan fingerprint density at radius 2 is 1.83 bits per heavy atom. The predicted molar refractivity (Wildman–Crippen MR) is 86.7 cm³/mol. The van der Waals surface area contributed by atoms with Crippen LogP contribution in [0.15, 0.2) is 6.20 Å². The Kier molecular flexibility index (Phi) is 5.09. The first kappa shape index (κ1) is 15.8. The van der Waals surface area contributed by atoms with Crippen molar-refractivity contribution in [2.45, 2.75) is 26.2 Å². The summed E-state index contributed by atoms with van der Waals surface area (Å²) in [6, 6.07) is 0. The molecule has 0 saturated carbocycles. The normalized spacial score (nSPS) is 18.9. The van der Waals surface area contributed by atoms with Gasteiger partial charge in [0, 0.05) is 39.3 Å². The van der Waals surface area contributed by atoms with Crippen molar-refractivity contribution in [2.24, 2.45) is 0 Å². The number of ether oxygens (including phenoxy) is 1. The average Bonchev–Trinajstić information content (AvgIpc) is 2.63. The van der Waals surface area contributed by atoms with Crippen LogP contribution in [-0.2, 0) is 4.74 Å². The molecule has 0 radical (unpaired) electrons. The summed E-state index contributed by atoms with van der Waals surface area (Å²) in [4.78, 5) is 22.5. The molecule has 23 heavy (non-hydrogen) atoms. The molecular formula is C15H24N6O2. The van der Waals surface area contributed by atoms with Crippen molar-refractivity contribution < 1.29 is 9.53 Å². The Bertz CT molecular complexity index is 526. The summed E-state index contributed by atoms with van der Waals surface area (Å²) in [6.07, 6.45) is 5.12. The molecular weight excluding hydrogens is 296 g/mol. The molecule has 1 amide bonds. The van der Waals surface area contributed by atoms with Crippen LogP contribution in [0.3, 0.4) is 0 Å². The van der Waals surface area contributed by atoms with Crippen LogP contribution in [0.25, 0.3) is 0 Å². The number of anilines is 2. The first-order valence-corrected chi connectivity index (χ1v) is 8.39. The third kappa shape index (κ3) is 3.80. The van der Waals surface area contributed by atoms with Crippen LogP contribution in [0.5, 0.6) is 0 Å². The van der Waals surface area contributed by atoms with Gasteiger partial charge in [-0.3, -0.25) is 0 Å². The van der Waals surface area contributed by atoms with Gasteiger partial charge >= 0.3 is 6.09 Å². The van der Waals surface area contributed by atoms with Crippen LogP contribution in [0.1, 0.15) is 26.2 Å². The van der Waals surface area contributed by atoms with Crippen molar-refractivity contribution >= 4 is 17.9 Å². The Hall–Kier alpha value is -2.12. The van der Waals surface area contributed by atoms with E-state index in [1.807, 2.05) is 6.92 Å². The van der Waals surface area contributed by atoms with E-state index in [-0.39, 0.29) is 6.09 Å². The van der Waals surface area contributed by atoms with E-state index in [2.05, 4.69) is 25.0 Å². The highest BCUT2D eigenvalue weighted by molar-refractivity contribution is 5.68. The Morgan fingerprint density at radius 3 is 2.52 bits per heavy atom. The number of hydrogen-bond donors (Lipinski definition) is 0. The van der Waals surface area contributed by atoms with Crippen molar-refractivity contribution in [3.63, 3.8) is 0 Å². The van der Waals surface area contributed by atoms with Crippen molar-refractivity contribution in [3.05, 3.63) is 6.20 Å². The van der Waals surface area contributed by atoms with Gasteiger partial charge in [0.25, 0.3) is 0 Å². The molecule has 0 N–H and O–H groups in total. The minimum Gasteiger partial charge on any atom is -0.450 e. The molecule has 1 aromatic heterocycles. The lowest BCUT2D eigenvalue weighted by Gasteiger charge is -2.35. The first-order valence-electron chi connectivity index (χ1n) is 8.39. The van der Waals surface area contributed by atoms with Gasteiger partial charge in [0.1, 0.15) is 0 Å². The highest BCUT2D eigenvalue weighted by Crippen LogP contribution is 2.19. The molecule has 2 aliphatic heterocycles. The third-order valence-electron chi connectivity index (χ3n) is 4.30. The van der Waals surface area contributed by atoms with E-state index in [1.54, 1.807) is 11.1 Å². The van der Waals surface area contributed by atoms with Crippen LogP contribution < -0.4 is 9.80 Å². The van der Waals surface area contributed by atoms with E-state index >= 15 is 0 Å². The molecule has 3 rings (SSSR count). The molecule has 1 aromatic rings. The molecule has 0 spiro atoms. The summed E-state index contributed by atoms with van der Waals surface area (Å²) in [5, 5.41) is 8.30. The Balaban J connectivity index is 1.61. The number of nitrogens with zero attached hydrogens (tertiary/aromatic N) is 6. The number of carbonyl (C=O) groups excluding carboxylic acids is 1. The molecule has 0 atom stereocenters. The van der Waals surface area contributed by atoms with Crippen LogP contribution in [0.4, 0.5) is 16.6 Å². The average molecular weight is 320 g/mol. The SMILES string of the molecule is CCOC(=O)N1CCN(c2cnnc(N3CCCCC3)n2)CC1. The molecule has 8 heteroatoms. The summed E-state index contributed by atoms with van der Waals surface area (Å²) >= 11 is 0. The monoisotopic (exact) mass is 320 g/mol. The number of aromatic nitrogens is 3. The summed E-state index contributed by atoms with van der Waals surface area (Å²) in [5.74, 6) is 1.55. The van der Waals surface area contributed by atoms with Crippen LogP contribution in [0, 0.1) is 0 Å². The van der Waals surface area contributed by atoms with Crippen molar-refractivity contribution in [1.82, 2.24) is 20.1 Å². The molecule has 0 aliphatic carbocycles. The number of piperazine rings is 1. The largest absolute Gasteiger partial charge is 0.450 e. The van der Waals surface area contributed by atoms with Gasteiger partial charge in [0.15, 0.2) is 5.82 Å². The number of carbonyl (C=O) groups is 1. The highest BCUT2D eigenvalue weighted by Gasteiger charge is 2.23. The number of rotatable bonds is 3. The van der Waals surface area contributed by atoms with Gasteiger partial charge in [-0.05, 0) is 26.2 Å². The van der Waals surface area contributed by atoms with Gasteiger partial charge in [-0.25, -0.2) is 4.79 Å². The first-order chi connectivity index (χ1) is 11.3. The van der Waals surface area contributed by atoms with E-state index in [0.717, 1.165) is 37.9 Å². The van der Waals surface area contributed by atoms with E-state index < -0.39 is 0 Å². The van der Waals surface area contributed by atoms with Crippen LogP contribution in [-0.4, -0.2) is 72.0 Å². The second-order valence-electron chi connectivity index (χ2n) is 5.84. The minimum atomic E-state index is -0.234. The fraction of sp³-hybridized carbons (Fsp3) is 0.733. The summed E-state index contributed by atoms with van der Waals surface area (Å²) < 4.78 is 5.04. The molecule has 0 bridgehead atoms. The second-order valence-corrected chi connectivity index (χ2v) is 5.84. The lowest BCUT2D eigenvalue weighted by Crippen LogP contribution is -2.49. The predicted octanol–water partition coefficient (Wildman–Crippen LogP) is 1.14. The minimum absolute atomic E-state index is 0.234. The molecule has 2 fully saturated rings. The molecule has 2 aliphatic rings. The zero-order valence-corrected chi connectivity index (χ0v) is 13.6. The quantitative estimate of drug-likeness (QED) is 0.826. The van der Waals surface area contributed by atoms with Crippen molar-refractivity contribution in [2.75, 3.05) is 55.7 Å². The molecule has 8 nitrogen and oxygen atoms in total. The zero-order valence-electron chi connectivity index (χ0n) is 13.6. The summed E-state index contributed by atoms with van der Waals surface area (Å²) in [5.41, 5.74) is 0. The lowest BCUT2D eigenvalue weighted by atomic mass is 10.1. The van der Waals surface area contributed by atoms with Crippen molar-refractivity contribution in [3.8, 4) is 0 Å². The van der Waals surface area contributed by atoms with Crippen molar-refractivity contribution in [1.29, 1.82) is 0 Å². The molecule has 0 unspecified atom stereocenters. The van der Waals surface area contributed by atoms with E-state index in [0.29, 0.717) is 19.7 Å². The van der Waals surface area contributed by atoms with Gasteiger partial charge in [0.2, 0.25) is 5.95 Å². The maximum atomic E-state index is 11.7. The van der Waals surface area contributed by atoms with Gasteiger partial charge in [-0.1, -0.05) is 0 Å². The number of piperidine rings is 1. The van der Waals surface area contributed by atoms with Gasteiger partial charge in [-0.2, -0.15) is 10.1 Å². The van der Waals surface area contributed by atoms with Gasteiger partial charge < -0.3 is 19.4 Å². The van der Waals surface area contributed by atoms with E-state index in [1.165, 1.54) is 19.3 Å². The molecule has 2 saturated heterocycles. The van der Waals surface area contributed by atoms with Crippen LogP contribution >= 0.6 is 0 Å². The van der Waals surface area contributed by atoms with E-state index in [9.17, 15) is 4.79 Å². The van der Waals surface area contributed by atoms with Crippen LogP contribution in [0.2, 0.25) is 0 Å². The Morgan fingerprint density at radius 1 is 1.09 bits per heavy atom. The smallest absolute Gasteiger partial charge is 0.409 e. The summed E-state index contributed by atoms with van der Waals surface area (Å²) in [6.45, 7) is 6.98. The highest BCUT2D eigenvalue weighted by atomic mass is 16.6. The molecule has 3 heterocycles. The van der Waals surface area contributed by atoms with E-state index in [4.69, 9.17) is 4.74 Å². The lowest BCUT2D eigenvalue weighted by molar-refractivity contribution is 0.105. The topological polar surface area (TPSA) is 74.7 Å². The third-order valence-corrected chi connectivity index (χ3v) is 4.30. The standard InChI is InChI=1S/C15H24N6O2/c1-2-23-15(22)21-10-8-19(9-11-21)13-12-16-18-14(17-13)20-6-4-3-5-7-20/h12H,2-11H2,1H3. The fourth-order valence-corrected chi connectivity index (χ4v) is 3.00. The second kappa shape index (κ2) is 7.43. The maximum Gasteiger partial charge on any atom is 0.409 e. The maximum absolute atomic E-state index is 11.7.